The normalized spacial score (nSPS) is 18.6. The lowest BCUT2D eigenvalue weighted by atomic mass is 9.86. The van der Waals surface area contributed by atoms with Gasteiger partial charge in [-0.05, 0) is 41.5 Å². The van der Waals surface area contributed by atoms with Crippen LogP contribution in [0.5, 0.6) is 0 Å². The van der Waals surface area contributed by atoms with Gasteiger partial charge in [-0.3, -0.25) is 4.79 Å². The SMILES string of the molecule is Cc1ccc(/C=C/C(=O)N(Cc2ccc(C(C)(C)C)cc2)C2CCS(=O)(=O)C2)cc1. The minimum atomic E-state index is -3.08. The van der Waals surface area contributed by atoms with E-state index < -0.39 is 9.84 Å². The average molecular weight is 426 g/mol. The predicted molar refractivity (Wildman–Crippen MR) is 123 cm³/mol. The van der Waals surface area contributed by atoms with Crippen LogP contribution < -0.4 is 0 Å². The first-order valence-electron chi connectivity index (χ1n) is 10.4. The van der Waals surface area contributed by atoms with Gasteiger partial charge in [0, 0.05) is 18.7 Å². The van der Waals surface area contributed by atoms with Gasteiger partial charge >= 0.3 is 0 Å². The van der Waals surface area contributed by atoms with Crippen molar-refractivity contribution in [2.24, 2.45) is 0 Å². The number of aryl methyl sites for hydroxylation is 1. The van der Waals surface area contributed by atoms with Crippen LogP contribution in [0.2, 0.25) is 0 Å². The monoisotopic (exact) mass is 425 g/mol. The molecule has 5 heteroatoms. The lowest BCUT2D eigenvalue weighted by Gasteiger charge is -2.28. The third kappa shape index (κ3) is 5.82. The maximum absolute atomic E-state index is 13.1. The highest BCUT2D eigenvalue weighted by molar-refractivity contribution is 7.91. The molecule has 1 amide bonds. The van der Waals surface area contributed by atoms with Crippen molar-refractivity contribution in [3.63, 3.8) is 0 Å². The number of hydrogen-bond acceptors (Lipinski definition) is 3. The number of benzene rings is 2. The van der Waals surface area contributed by atoms with Crippen molar-refractivity contribution < 1.29 is 13.2 Å². The van der Waals surface area contributed by atoms with E-state index in [1.54, 1.807) is 17.1 Å². The fourth-order valence-electron chi connectivity index (χ4n) is 3.66. The zero-order chi connectivity index (χ0) is 21.9. The molecule has 0 aliphatic carbocycles. The number of sulfone groups is 1. The molecule has 0 N–H and O–H groups in total. The largest absolute Gasteiger partial charge is 0.331 e. The molecule has 0 radical (unpaired) electrons. The number of hydrogen-bond donors (Lipinski definition) is 0. The van der Waals surface area contributed by atoms with Crippen LogP contribution in [0.4, 0.5) is 0 Å². The smallest absolute Gasteiger partial charge is 0.247 e. The lowest BCUT2D eigenvalue weighted by molar-refractivity contribution is -0.128. The molecule has 160 valence electrons. The number of carbonyl (C=O) groups is 1. The number of amides is 1. The fourth-order valence-corrected chi connectivity index (χ4v) is 5.39. The molecule has 1 aliphatic heterocycles. The van der Waals surface area contributed by atoms with E-state index in [1.165, 1.54) is 5.56 Å². The van der Waals surface area contributed by atoms with Crippen LogP contribution in [0, 0.1) is 6.92 Å². The topological polar surface area (TPSA) is 54.5 Å². The average Bonchev–Trinajstić information content (AvgIpc) is 3.04. The predicted octanol–water partition coefficient (Wildman–Crippen LogP) is 4.52. The van der Waals surface area contributed by atoms with Crippen molar-refractivity contribution in [3.05, 3.63) is 76.9 Å². The maximum Gasteiger partial charge on any atom is 0.247 e. The highest BCUT2D eigenvalue weighted by atomic mass is 32.2. The number of carbonyl (C=O) groups excluding carboxylic acids is 1. The van der Waals surface area contributed by atoms with Crippen molar-refractivity contribution >= 4 is 21.8 Å². The lowest BCUT2D eigenvalue weighted by Crippen LogP contribution is -2.39. The second-order valence-electron chi connectivity index (χ2n) is 9.21. The van der Waals surface area contributed by atoms with Crippen molar-refractivity contribution in [1.82, 2.24) is 4.90 Å². The van der Waals surface area contributed by atoms with Crippen molar-refractivity contribution in [2.75, 3.05) is 11.5 Å². The Morgan fingerprint density at radius 3 is 2.23 bits per heavy atom. The van der Waals surface area contributed by atoms with Gasteiger partial charge in [-0.2, -0.15) is 0 Å². The molecule has 0 aromatic heterocycles. The Balaban J connectivity index is 1.81. The van der Waals surface area contributed by atoms with Gasteiger partial charge in [0.05, 0.1) is 11.5 Å². The zero-order valence-electron chi connectivity index (χ0n) is 18.3. The van der Waals surface area contributed by atoms with E-state index in [-0.39, 0.29) is 28.9 Å². The number of rotatable bonds is 5. The second kappa shape index (κ2) is 8.76. The molecule has 1 saturated heterocycles. The fraction of sp³-hybridized carbons (Fsp3) is 0.400. The van der Waals surface area contributed by atoms with Crippen LogP contribution in [-0.4, -0.2) is 36.8 Å². The third-order valence-corrected chi connectivity index (χ3v) is 7.35. The van der Waals surface area contributed by atoms with Crippen molar-refractivity contribution in [3.8, 4) is 0 Å². The summed E-state index contributed by atoms with van der Waals surface area (Å²) in [5, 5.41) is 0. The summed E-state index contributed by atoms with van der Waals surface area (Å²) in [7, 11) is -3.08. The summed E-state index contributed by atoms with van der Waals surface area (Å²) in [6.07, 6.45) is 3.84. The van der Waals surface area contributed by atoms with Crippen LogP contribution in [0.25, 0.3) is 6.08 Å². The Labute approximate surface area is 180 Å². The summed E-state index contributed by atoms with van der Waals surface area (Å²) in [5.74, 6) is 0.0288. The van der Waals surface area contributed by atoms with Crippen LogP contribution in [0.1, 0.15) is 49.4 Å². The summed E-state index contributed by atoms with van der Waals surface area (Å²) in [6.45, 7) is 8.92. The second-order valence-corrected chi connectivity index (χ2v) is 11.4. The molecule has 3 rings (SSSR count). The molecular weight excluding hydrogens is 394 g/mol. The first-order valence-corrected chi connectivity index (χ1v) is 12.2. The highest BCUT2D eigenvalue weighted by Gasteiger charge is 2.34. The Hall–Kier alpha value is -2.40. The summed E-state index contributed by atoms with van der Waals surface area (Å²) in [6, 6.07) is 15.9. The maximum atomic E-state index is 13.1. The molecule has 0 saturated carbocycles. The standard InChI is InChI=1S/C25H31NO3S/c1-19-5-7-20(8-6-19)11-14-24(27)26(23-15-16-30(28,29)18-23)17-21-9-12-22(13-10-21)25(2,3)4/h5-14,23H,15-18H2,1-4H3/b14-11+. The van der Waals surface area contributed by atoms with E-state index in [2.05, 4.69) is 32.9 Å². The van der Waals surface area contributed by atoms with Crippen molar-refractivity contribution in [1.29, 1.82) is 0 Å². The molecule has 1 heterocycles. The van der Waals surface area contributed by atoms with E-state index in [1.807, 2.05) is 43.3 Å². The molecule has 0 spiro atoms. The molecule has 1 atom stereocenters. The summed E-state index contributed by atoms with van der Waals surface area (Å²) in [4.78, 5) is 14.8. The molecule has 30 heavy (non-hydrogen) atoms. The van der Waals surface area contributed by atoms with E-state index in [0.29, 0.717) is 13.0 Å². The number of nitrogens with zero attached hydrogens (tertiary/aromatic N) is 1. The van der Waals surface area contributed by atoms with Crippen LogP contribution in [0.15, 0.2) is 54.6 Å². The molecule has 1 unspecified atom stereocenters. The van der Waals surface area contributed by atoms with E-state index in [9.17, 15) is 13.2 Å². The molecule has 2 aromatic rings. The Morgan fingerprint density at radius 1 is 1.07 bits per heavy atom. The zero-order valence-corrected chi connectivity index (χ0v) is 19.1. The molecule has 1 aliphatic rings. The third-order valence-electron chi connectivity index (χ3n) is 5.60. The van der Waals surface area contributed by atoms with Gasteiger partial charge in [-0.25, -0.2) is 8.42 Å². The van der Waals surface area contributed by atoms with Gasteiger partial charge in [0.15, 0.2) is 9.84 Å². The minimum absolute atomic E-state index is 0.0389. The molecule has 2 aromatic carbocycles. The first-order chi connectivity index (χ1) is 14.0. The van der Waals surface area contributed by atoms with Gasteiger partial charge in [-0.1, -0.05) is 74.9 Å². The first kappa shape index (κ1) is 22.3. The summed E-state index contributed by atoms with van der Waals surface area (Å²) < 4.78 is 24.1. The van der Waals surface area contributed by atoms with E-state index in [4.69, 9.17) is 0 Å². The molecule has 4 nitrogen and oxygen atoms in total. The Morgan fingerprint density at radius 2 is 1.70 bits per heavy atom. The Bertz CT molecular complexity index is 1010. The molecular formula is C25H31NO3S. The molecule has 1 fully saturated rings. The summed E-state index contributed by atoms with van der Waals surface area (Å²) in [5.41, 5.74) is 4.40. The minimum Gasteiger partial charge on any atom is -0.331 e. The summed E-state index contributed by atoms with van der Waals surface area (Å²) >= 11 is 0. The van der Waals surface area contributed by atoms with Crippen LogP contribution >= 0.6 is 0 Å². The highest BCUT2D eigenvalue weighted by Crippen LogP contribution is 2.24. The van der Waals surface area contributed by atoms with Gasteiger partial charge < -0.3 is 4.90 Å². The van der Waals surface area contributed by atoms with Crippen molar-refractivity contribution in [2.45, 2.75) is 52.1 Å². The van der Waals surface area contributed by atoms with Gasteiger partial charge in [0.2, 0.25) is 5.91 Å². The van der Waals surface area contributed by atoms with E-state index >= 15 is 0 Å². The van der Waals surface area contributed by atoms with Crippen LogP contribution in [0.3, 0.4) is 0 Å². The van der Waals surface area contributed by atoms with Gasteiger partial charge in [0.25, 0.3) is 0 Å². The Kier molecular flexibility index (Phi) is 6.51. The van der Waals surface area contributed by atoms with E-state index in [0.717, 1.165) is 16.7 Å². The van der Waals surface area contributed by atoms with Crippen LogP contribution in [-0.2, 0) is 26.6 Å². The van der Waals surface area contributed by atoms with Gasteiger partial charge in [-0.15, -0.1) is 0 Å². The van der Waals surface area contributed by atoms with Gasteiger partial charge in [0.1, 0.15) is 0 Å². The quantitative estimate of drug-likeness (QED) is 0.662. The molecule has 0 bridgehead atoms.